The molecule has 2 aromatic rings. The number of carbonyl (C=O) groups excluding carboxylic acids is 4. The highest BCUT2D eigenvalue weighted by Crippen LogP contribution is 2.34. The molecule has 0 bridgehead atoms. The summed E-state index contributed by atoms with van der Waals surface area (Å²) in [6.45, 7) is 6.66. The highest BCUT2D eigenvalue weighted by atomic mass is 19.4. The second-order valence-electron chi connectivity index (χ2n) is 11.8. The molecule has 0 radical (unpaired) electrons. The number of rotatable bonds is 16. The number of alkyl halides is 3. The number of carbonyl (C=O) groups is 6. The lowest BCUT2D eigenvalue weighted by molar-refractivity contribution is -0.141. The Hall–Kier alpha value is -5.00. The van der Waals surface area contributed by atoms with Crippen LogP contribution in [0.5, 0.6) is 0 Å². The summed E-state index contributed by atoms with van der Waals surface area (Å²) < 4.78 is 45.0. The van der Waals surface area contributed by atoms with Crippen LogP contribution in [-0.4, -0.2) is 69.9 Å². The first-order chi connectivity index (χ1) is 22.2. The van der Waals surface area contributed by atoms with Gasteiger partial charge in [0, 0.05) is 29.6 Å². The Morgan fingerprint density at radius 3 is 2.02 bits per heavy atom. The molecular formula is C30H38F3N5O10. The number of nitrogens with two attached hydrogens (primary N) is 1. The summed E-state index contributed by atoms with van der Waals surface area (Å²) in [5.74, 6) is -7.21. The Morgan fingerprint density at radius 1 is 0.854 bits per heavy atom. The van der Waals surface area contributed by atoms with Gasteiger partial charge in [-0.2, -0.15) is 13.2 Å². The van der Waals surface area contributed by atoms with Gasteiger partial charge in [0.15, 0.2) is 0 Å². The molecule has 2 rings (SSSR count). The number of aliphatic carboxylic acids is 2. The third-order valence-corrected chi connectivity index (χ3v) is 6.92. The van der Waals surface area contributed by atoms with E-state index in [1.165, 1.54) is 13.8 Å². The van der Waals surface area contributed by atoms with E-state index >= 15 is 0 Å². The van der Waals surface area contributed by atoms with E-state index in [9.17, 15) is 51.8 Å². The van der Waals surface area contributed by atoms with Crippen molar-refractivity contribution in [3.8, 4) is 0 Å². The number of halogens is 3. The van der Waals surface area contributed by atoms with Crippen LogP contribution in [0.3, 0.4) is 0 Å². The number of hydrogen-bond acceptors (Lipinski definition) is 9. The number of nitrogens with one attached hydrogen (secondary N) is 4. The molecular weight excluding hydrogens is 647 g/mol. The highest BCUT2D eigenvalue weighted by Gasteiger charge is 2.35. The van der Waals surface area contributed by atoms with Crippen molar-refractivity contribution in [1.29, 1.82) is 0 Å². The molecule has 0 aliphatic carbocycles. The van der Waals surface area contributed by atoms with Gasteiger partial charge in [-0.05, 0) is 36.8 Å². The number of carboxylic acid groups (broad SMARTS) is 2. The average molecular weight is 686 g/mol. The maximum atomic E-state index is 13.4. The van der Waals surface area contributed by atoms with Gasteiger partial charge in [-0.3, -0.25) is 28.8 Å². The van der Waals surface area contributed by atoms with E-state index in [0.717, 1.165) is 18.2 Å². The summed E-state index contributed by atoms with van der Waals surface area (Å²) in [6.07, 6.45) is -6.45. The zero-order chi connectivity index (χ0) is 36.5. The van der Waals surface area contributed by atoms with Gasteiger partial charge in [0.25, 0.3) is 0 Å². The second-order valence-corrected chi connectivity index (χ2v) is 11.8. The largest absolute Gasteiger partial charge is 0.481 e. The molecule has 1 aromatic heterocycles. The maximum Gasteiger partial charge on any atom is 0.417 e. The first kappa shape index (κ1) is 39.2. The summed E-state index contributed by atoms with van der Waals surface area (Å²) in [4.78, 5) is 86.6. The molecule has 18 heteroatoms. The topological polar surface area (TPSA) is 247 Å². The number of anilines is 1. The summed E-state index contributed by atoms with van der Waals surface area (Å²) in [7, 11) is 0. The van der Waals surface area contributed by atoms with Crippen LogP contribution >= 0.6 is 0 Å². The van der Waals surface area contributed by atoms with Crippen LogP contribution < -0.4 is 32.6 Å². The van der Waals surface area contributed by atoms with E-state index in [2.05, 4.69) is 21.3 Å². The number of amides is 4. The monoisotopic (exact) mass is 685 g/mol. The van der Waals surface area contributed by atoms with Crippen LogP contribution in [0.2, 0.25) is 0 Å². The van der Waals surface area contributed by atoms with Gasteiger partial charge in [-0.1, -0.05) is 27.7 Å². The Labute approximate surface area is 271 Å². The molecule has 0 spiro atoms. The molecule has 0 unspecified atom stereocenters. The van der Waals surface area contributed by atoms with Crippen LogP contribution in [0.4, 0.5) is 18.9 Å². The molecule has 0 saturated heterocycles. The third kappa shape index (κ3) is 11.7. The third-order valence-electron chi connectivity index (χ3n) is 6.92. The van der Waals surface area contributed by atoms with Crippen molar-refractivity contribution in [1.82, 2.24) is 16.0 Å². The molecule has 4 amide bonds. The van der Waals surface area contributed by atoms with Crippen molar-refractivity contribution >= 4 is 52.2 Å². The zero-order valence-electron chi connectivity index (χ0n) is 26.5. The minimum absolute atomic E-state index is 0.0335. The van der Waals surface area contributed by atoms with Crippen molar-refractivity contribution in [2.45, 2.75) is 83.7 Å². The smallest absolute Gasteiger partial charge is 0.417 e. The minimum atomic E-state index is -4.89. The van der Waals surface area contributed by atoms with Crippen molar-refractivity contribution < 1.29 is 56.6 Å². The van der Waals surface area contributed by atoms with Crippen LogP contribution in [0.1, 0.15) is 58.9 Å². The maximum absolute atomic E-state index is 13.4. The van der Waals surface area contributed by atoms with E-state index in [4.69, 9.17) is 15.3 Å². The van der Waals surface area contributed by atoms with Crippen molar-refractivity contribution in [3.05, 3.63) is 40.2 Å². The van der Waals surface area contributed by atoms with Gasteiger partial charge in [-0.15, -0.1) is 0 Å². The zero-order valence-corrected chi connectivity index (χ0v) is 26.5. The standard InChI is InChI=1S/C30H38F3N5O10/c1-13(2)9-18(34)26(44)36-19(7-8-22(39)40)27(45)38-25(14(3)4)29(47)37-20(12-23(41)42)28(46)35-15-5-6-16-17(30(31,32)33)11-24(43)48-21(16)10-15/h5-6,10-11,13-14,18-20,25H,7-9,12,34H2,1-4H3,(H,35,46)(H,36,44)(H,37,47)(H,38,45)(H,39,40)(H,41,42)/t18-,19-,20-,25-/m0/s1. The van der Waals surface area contributed by atoms with Crippen LogP contribution in [-0.2, 0) is 34.9 Å². The number of benzene rings is 1. The summed E-state index contributed by atoms with van der Waals surface area (Å²) >= 11 is 0. The van der Waals surface area contributed by atoms with Crippen molar-refractivity contribution in [2.24, 2.45) is 17.6 Å². The fourth-order valence-corrected chi connectivity index (χ4v) is 4.57. The number of fused-ring (bicyclic) bond motifs is 1. The quantitative estimate of drug-likeness (QED) is 0.125. The highest BCUT2D eigenvalue weighted by molar-refractivity contribution is 6.01. The predicted octanol–water partition coefficient (Wildman–Crippen LogP) is 1.57. The number of hydrogen-bond donors (Lipinski definition) is 7. The lowest BCUT2D eigenvalue weighted by Crippen LogP contribution is -2.59. The molecule has 48 heavy (non-hydrogen) atoms. The summed E-state index contributed by atoms with van der Waals surface area (Å²) in [5.41, 5.74) is 2.59. The Balaban J connectivity index is 2.28. The fraction of sp³-hybridized carbons (Fsp3) is 0.500. The van der Waals surface area contributed by atoms with Crippen molar-refractivity contribution in [2.75, 3.05) is 5.32 Å². The van der Waals surface area contributed by atoms with Gasteiger partial charge >= 0.3 is 23.7 Å². The molecule has 1 heterocycles. The van der Waals surface area contributed by atoms with E-state index in [0.29, 0.717) is 0 Å². The van der Waals surface area contributed by atoms with Gasteiger partial charge in [0.05, 0.1) is 18.0 Å². The SMILES string of the molecule is CC(C)C[C@H](N)C(=O)N[C@@H](CCC(=O)O)C(=O)N[C@H](C(=O)N[C@@H](CC(=O)O)C(=O)Nc1ccc2c(C(F)(F)F)cc(=O)oc2c1)C(C)C. The predicted molar refractivity (Wildman–Crippen MR) is 163 cm³/mol. The van der Waals surface area contributed by atoms with Gasteiger partial charge in [0.1, 0.15) is 23.7 Å². The molecule has 0 aliphatic rings. The van der Waals surface area contributed by atoms with E-state index < -0.39 is 107 Å². The molecule has 0 saturated carbocycles. The summed E-state index contributed by atoms with van der Waals surface area (Å²) in [6, 6.07) is -2.43. The van der Waals surface area contributed by atoms with Gasteiger partial charge in [0.2, 0.25) is 23.6 Å². The van der Waals surface area contributed by atoms with E-state index in [1.807, 2.05) is 13.8 Å². The molecule has 0 aliphatic heterocycles. The van der Waals surface area contributed by atoms with E-state index in [-0.39, 0.29) is 30.5 Å². The molecule has 8 N–H and O–H groups in total. The fourth-order valence-electron chi connectivity index (χ4n) is 4.57. The van der Waals surface area contributed by atoms with Gasteiger partial charge in [-0.25, -0.2) is 4.79 Å². The van der Waals surface area contributed by atoms with E-state index in [1.54, 1.807) is 0 Å². The first-order valence-electron chi connectivity index (χ1n) is 14.8. The molecule has 1 aromatic carbocycles. The molecule has 4 atom stereocenters. The minimum Gasteiger partial charge on any atom is -0.481 e. The lowest BCUT2D eigenvalue weighted by atomic mass is 10.0. The summed E-state index contributed by atoms with van der Waals surface area (Å²) in [5, 5.41) is 27.3. The van der Waals surface area contributed by atoms with Crippen molar-refractivity contribution in [3.63, 3.8) is 0 Å². The second kappa shape index (κ2) is 16.7. The Bertz CT molecular complexity index is 1590. The molecule has 264 valence electrons. The Morgan fingerprint density at radius 2 is 1.48 bits per heavy atom. The van der Waals surface area contributed by atoms with Crippen LogP contribution in [0, 0.1) is 11.8 Å². The molecule has 15 nitrogen and oxygen atoms in total. The van der Waals surface area contributed by atoms with Crippen LogP contribution in [0.25, 0.3) is 11.0 Å². The molecule has 0 fully saturated rings. The van der Waals surface area contributed by atoms with Crippen LogP contribution in [0.15, 0.2) is 33.5 Å². The normalized spacial score (nSPS) is 14.1. The average Bonchev–Trinajstić information content (AvgIpc) is 2.95. The Kier molecular flexibility index (Phi) is 13.6. The number of carboxylic acids is 2. The van der Waals surface area contributed by atoms with Gasteiger partial charge < -0.3 is 41.6 Å². The first-order valence-corrected chi connectivity index (χ1v) is 14.8. The lowest BCUT2D eigenvalue weighted by Gasteiger charge is -2.27.